The highest BCUT2D eigenvalue weighted by Gasteiger charge is 2.18. The summed E-state index contributed by atoms with van der Waals surface area (Å²) in [5.74, 6) is 0.728. The summed E-state index contributed by atoms with van der Waals surface area (Å²) in [7, 11) is 0. The average molecular weight is 245 g/mol. The fourth-order valence-corrected chi connectivity index (χ4v) is 1.82. The Morgan fingerprint density at radius 2 is 2.00 bits per heavy atom. The van der Waals surface area contributed by atoms with Gasteiger partial charge in [0.1, 0.15) is 0 Å². The molecule has 1 aromatic carbocycles. The van der Waals surface area contributed by atoms with Crippen LogP contribution < -0.4 is 5.73 Å². The summed E-state index contributed by atoms with van der Waals surface area (Å²) in [6.07, 6.45) is 0. The SMILES string of the molecule is Cc1ccc(N)c(-c2nnnn2CC(C)(C)C)c1. The second-order valence-corrected chi connectivity index (χ2v) is 5.81. The van der Waals surface area contributed by atoms with Gasteiger partial charge in [0.25, 0.3) is 0 Å². The van der Waals surface area contributed by atoms with E-state index in [4.69, 9.17) is 5.73 Å². The molecular weight excluding hydrogens is 226 g/mol. The number of nitrogens with zero attached hydrogens (tertiary/aromatic N) is 4. The smallest absolute Gasteiger partial charge is 0.184 e. The Kier molecular flexibility index (Phi) is 3.07. The standard InChI is InChI=1S/C13H19N5/c1-9-5-6-11(14)10(7-9)12-15-16-17-18(12)8-13(2,3)4/h5-7H,8,14H2,1-4H3. The lowest BCUT2D eigenvalue weighted by atomic mass is 9.97. The number of benzene rings is 1. The molecule has 1 heterocycles. The third-order valence-corrected chi connectivity index (χ3v) is 2.61. The van der Waals surface area contributed by atoms with Crippen LogP contribution in [0.2, 0.25) is 0 Å². The van der Waals surface area contributed by atoms with Crippen molar-refractivity contribution < 1.29 is 0 Å². The van der Waals surface area contributed by atoms with E-state index in [9.17, 15) is 0 Å². The Morgan fingerprint density at radius 1 is 1.28 bits per heavy atom. The summed E-state index contributed by atoms with van der Waals surface area (Å²) in [5.41, 5.74) is 8.85. The van der Waals surface area contributed by atoms with Crippen LogP contribution in [0.25, 0.3) is 11.4 Å². The van der Waals surface area contributed by atoms with Gasteiger partial charge >= 0.3 is 0 Å². The summed E-state index contributed by atoms with van der Waals surface area (Å²) < 4.78 is 1.81. The number of rotatable bonds is 2. The van der Waals surface area contributed by atoms with Crippen molar-refractivity contribution in [1.29, 1.82) is 0 Å². The van der Waals surface area contributed by atoms with Crippen LogP contribution >= 0.6 is 0 Å². The number of aryl methyl sites for hydroxylation is 1. The molecule has 5 heteroatoms. The number of aromatic nitrogens is 4. The second kappa shape index (κ2) is 4.40. The molecule has 0 saturated heterocycles. The Bertz CT molecular complexity index is 551. The van der Waals surface area contributed by atoms with Crippen LogP contribution in [0.5, 0.6) is 0 Å². The molecular formula is C13H19N5. The van der Waals surface area contributed by atoms with Crippen LogP contribution in [0, 0.1) is 12.3 Å². The van der Waals surface area contributed by atoms with Gasteiger partial charge in [0.15, 0.2) is 5.82 Å². The van der Waals surface area contributed by atoms with E-state index >= 15 is 0 Å². The fourth-order valence-electron chi connectivity index (χ4n) is 1.82. The first-order chi connectivity index (χ1) is 8.37. The van der Waals surface area contributed by atoms with Gasteiger partial charge in [-0.25, -0.2) is 4.68 Å². The number of anilines is 1. The predicted molar refractivity (Wildman–Crippen MR) is 71.9 cm³/mol. The van der Waals surface area contributed by atoms with Gasteiger partial charge in [0.05, 0.1) is 0 Å². The zero-order valence-electron chi connectivity index (χ0n) is 11.3. The lowest BCUT2D eigenvalue weighted by Crippen LogP contribution is -2.17. The van der Waals surface area contributed by atoms with Crippen molar-refractivity contribution in [3.63, 3.8) is 0 Å². The van der Waals surface area contributed by atoms with Crippen molar-refractivity contribution in [3.8, 4) is 11.4 Å². The van der Waals surface area contributed by atoms with Gasteiger partial charge in [0, 0.05) is 17.8 Å². The molecule has 0 saturated carbocycles. The van der Waals surface area contributed by atoms with Crippen molar-refractivity contribution in [2.45, 2.75) is 34.2 Å². The van der Waals surface area contributed by atoms with Crippen molar-refractivity contribution in [2.75, 3.05) is 5.73 Å². The number of hydrogen-bond acceptors (Lipinski definition) is 4. The highest BCUT2D eigenvalue weighted by molar-refractivity contribution is 5.72. The fraction of sp³-hybridized carbons (Fsp3) is 0.462. The van der Waals surface area contributed by atoms with Gasteiger partial charge in [-0.2, -0.15) is 0 Å². The van der Waals surface area contributed by atoms with E-state index in [1.54, 1.807) is 0 Å². The first-order valence-corrected chi connectivity index (χ1v) is 5.99. The Morgan fingerprint density at radius 3 is 2.67 bits per heavy atom. The Balaban J connectivity index is 2.45. The van der Waals surface area contributed by atoms with Crippen molar-refractivity contribution in [1.82, 2.24) is 20.2 Å². The molecule has 0 aliphatic carbocycles. The molecule has 0 fully saturated rings. The Labute approximate surface area is 107 Å². The van der Waals surface area contributed by atoms with Gasteiger partial charge in [0.2, 0.25) is 0 Å². The topological polar surface area (TPSA) is 69.6 Å². The monoisotopic (exact) mass is 245 g/mol. The largest absolute Gasteiger partial charge is 0.398 e. The molecule has 1 aromatic heterocycles. The molecule has 0 amide bonds. The van der Waals surface area contributed by atoms with Crippen LogP contribution in [-0.4, -0.2) is 20.2 Å². The van der Waals surface area contributed by atoms with E-state index < -0.39 is 0 Å². The summed E-state index contributed by atoms with van der Waals surface area (Å²) >= 11 is 0. The zero-order chi connectivity index (χ0) is 13.3. The third kappa shape index (κ3) is 2.67. The number of nitrogens with two attached hydrogens (primary N) is 1. The quantitative estimate of drug-likeness (QED) is 0.824. The normalized spacial score (nSPS) is 11.8. The van der Waals surface area contributed by atoms with E-state index in [-0.39, 0.29) is 5.41 Å². The molecule has 2 N–H and O–H groups in total. The molecule has 2 rings (SSSR count). The van der Waals surface area contributed by atoms with E-state index in [1.165, 1.54) is 0 Å². The molecule has 0 unspecified atom stereocenters. The van der Waals surface area contributed by atoms with Crippen molar-refractivity contribution >= 4 is 5.69 Å². The average Bonchev–Trinajstić information content (AvgIpc) is 2.67. The number of hydrogen-bond donors (Lipinski definition) is 1. The van der Waals surface area contributed by atoms with Gasteiger partial charge in [-0.1, -0.05) is 32.4 Å². The van der Waals surface area contributed by atoms with Crippen LogP contribution in [0.1, 0.15) is 26.3 Å². The van der Waals surface area contributed by atoms with E-state index in [1.807, 2.05) is 29.8 Å². The maximum absolute atomic E-state index is 6.00. The minimum absolute atomic E-state index is 0.114. The molecule has 2 aromatic rings. The highest BCUT2D eigenvalue weighted by Crippen LogP contribution is 2.26. The minimum Gasteiger partial charge on any atom is -0.398 e. The van der Waals surface area contributed by atoms with Crippen LogP contribution in [0.3, 0.4) is 0 Å². The molecule has 0 bridgehead atoms. The zero-order valence-corrected chi connectivity index (χ0v) is 11.3. The molecule has 0 atom stereocenters. The number of tetrazole rings is 1. The first kappa shape index (κ1) is 12.5. The van der Waals surface area contributed by atoms with Crippen LogP contribution in [-0.2, 0) is 6.54 Å². The molecule has 0 aliphatic heterocycles. The molecule has 0 aliphatic rings. The van der Waals surface area contributed by atoms with Crippen LogP contribution in [0.15, 0.2) is 18.2 Å². The second-order valence-electron chi connectivity index (χ2n) is 5.81. The van der Waals surface area contributed by atoms with Gasteiger partial charge in [-0.15, -0.1) is 5.10 Å². The third-order valence-electron chi connectivity index (χ3n) is 2.61. The summed E-state index contributed by atoms with van der Waals surface area (Å²) in [5, 5.41) is 11.9. The highest BCUT2D eigenvalue weighted by atomic mass is 15.5. The molecule has 0 spiro atoms. The predicted octanol–water partition coefficient (Wildman–Crippen LogP) is 2.28. The summed E-state index contributed by atoms with van der Waals surface area (Å²) in [4.78, 5) is 0. The molecule has 18 heavy (non-hydrogen) atoms. The summed E-state index contributed by atoms with van der Waals surface area (Å²) in [6.45, 7) is 9.23. The van der Waals surface area contributed by atoms with E-state index in [0.717, 1.165) is 23.5 Å². The van der Waals surface area contributed by atoms with Crippen LogP contribution in [0.4, 0.5) is 5.69 Å². The van der Waals surface area contributed by atoms with E-state index in [2.05, 4.69) is 36.3 Å². The van der Waals surface area contributed by atoms with Crippen molar-refractivity contribution in [3.05, 3.63) is 23.8 Å². The lowest BCUT2D eigenvalue weighted by Gasteiger charge is -2.18. The van der Waals surface area contributed by atoms with Crippen molar-refractivity contribution in [2.24, 2.45) is 5.41 Å². The van der Waals surface area contributed by atoms with E-state index in [0.29, 0.717) is 5.69 Å². The molecule has 96 valence electrons. The molecule has 5 nitrogen and oxygen atoms in total. The molecule has 0 radical (unpaired) electrons. The van der Waals surface area contributed by atoms with Gasteiger partial charge < -0.3 is 5.73 Å². The summed E-state index contributed by atoms with van der Waals surface area (Å²) in [6, 6.07) is 5.89. The maximum Gasteiger partial charge on any atom is 0.184 e. The first-order valence-electron chi connectivity index (χ1n) is 5.99. The number of nitrogen functional groups attached to an aromatic ring is 1. The minimum atomic E-state index is 0.114. The maximum atomic E-state index is 6.00. The lowest BCUT2D eigenvalue weighted by molar-refractivity contribution is 0.323. The Hall–Kier alpha value is -1.91. The van der Waals surface area contributed by atoms with Gasteiger partial charge in [-0.3, -0.25) is 0 Å². The van der Waals surface area contributed by atoms with Gasteiger partial charge in [-0.05, 0) is 34.9 Å².